The van der Waals surface area contributed by atoms with E-state index in [1.54, 1.807) is 0 Å². The largest absolute Gasteiger partial charge is 0.435 e. The maximum Gasteiger partial charge on any atom is 0.435 e. The number of nitrogens with zero attached hydrogens (tertiary/aromatic N) is 3. The zero-order valence-corrected chi connectivity index (χ0v) is 10.4. The molecule has 0 aromatic carbocycles. The van der Waals surface area contributed by atoms with E-state index < -0.39 is 11.9 Å². The Bertz CT molecular complexity index is 390. The predicted molar refractivity (Wildman–Crippen MR) is 62.7 cm³/mol. The van der Waals surface area contributed by atoms with Crippen LogP contribution in [0.15, 0.2) is 12.1 Å². The zero-order valence-electron chi connectivity index (χ0n) is 9.62. The molecule has 0 N–H and O–H groups in total. The van der Waals surface area contributed by atoms with Crippen LogP contribution < -0.4 is 4.90 Å². The van der Waals surface area contributed by atoms with Gasteiger partial charge in [-0.05, 0) is 31.4 Å². The first-order valence-corrected chi connectivity index (χ1v) is 6.29. The average Bonchev–Trinajstić information content (AvgIpc) is 2.25. The van der Waals surface area contributed by atoms with Gasteiger partial charge in [0.05, 0.1) is 0 Å². The van der Waals surface area contributed by atoms with Crippen LogP contribution in [0.5, 0.6) is 0 Å². The second-order valence-corrected chi connectivity index (χ2v) is 4.62. The maximum absolute atomic E-state index is 12.4. The van der Waals surface area contributed by atoms with Crippen LogP contribution in [-0.4, -0.2) is 28.7 Å². The van der Waals surface area contributed by atoms with E-state index in [2.05, 4.69) is 10.2 Å². The summed E-state index contributed by atoms with van der Waals surface area (Å²) in [5, 5.41) is 6.90. The van der Waals surface area contributed by atoms with Crippen LogP contribution in [-0.2, 0) is 6.18 Å². The topological polar surface area (TPSA) is 29.0 Å². The summed E-state index contributed by atoms with van der Waals surface area (Å²) in [6, 6.07) is 2.65. The van der Waals surface area contributed by atoms with Gasteiger partial charge in [-0.3, -0.25) is 0 Å². The second-order valence-electron chi connectivity index (χ2n) is 4.24. The van der Waals surface area contributed by atoms with Crippen LogP contribution in [0.4, 0.5) is 19.0 Å². The maximum atomic E-state index is 12.4. The molecule has 1 saturated carbocycles. The summed E-state index contributed by atoms with van der Waals surface area (Å²) in [6.07, 6.45) is -1.25. The first-order chi connectivity index (χ1) is 8.52. The summed E-state index contributed by atoms with van der Waals surface area (Å²) in [5.41, 5.74) is -0.967. The molecule has 2 rings (SSSR count). The van der Waals surface area contributed by atoms with Crippen LogP contribution in [0.3, 0.4) is 0 Å². The molecular weight excluding hydrogens is 267 g/mol. The molecule has 0 radical (unpaired) electrons. The van der Waals surface area contributed by atoms with E-state index in [9.17, 15) is 13.2 Å². The lowest BCUT2D eigenvalue weighted by atomic mass is 9.91. The van der Waals surface area contributed by atoms with Crippen LogP contribution in [0.1, 0.15) is 25.0 Å². The molecule has 100 valence electrons. The Morgan fingerprint density at radius 3 is 2.39 bits per heavy atom. The smallest absolute Gasteiger partial charge is 0.351 e. The normalized spacial score (nSPS) is 16.4. The van der Waals surface area contributed by atoms with E-state index >= 15 is 0 Å². The van der Waals surface area contributed by atoms with E-state index in [1.165, 1.54) is 6.07 Å². The van der Waals surface area contributed by atoms with Crippen molar-refractivity contribution in [2.45, 2.75) is 31.5 Å². The van der Waals surface area contributed by atoms with Crippen LogP contribution >= 0.6 is 11.6 Å². The Labute approximate surface area is 108 Å². The van der Waals surface area contributed by atoms with Gasteiger partial charge in [0.1, 0.15) is 0 Å². The summed E-state index contributed by atoms with van der Waals surface area (Å²) in [7, 11) is 0. The summed E-state index contributed by atoms with van der Waals surface area (Å²) in [6.45, 7) is 0.576. The highest BCUT2D eigenvalue weighted by atomic mass is 35.5. The molecule has 0 amide bonds. The van der Waals surface area contributed by atoms with Crippen LogP contribution in [0.2, 0.25) is 0 Å². The fraction of sp³-hybridized carbons (Fsp3) is 0.636. The quantitative estimate of drug-likeness (QED) is 0.793. The summed E-state index contributed by atoms with van der Waals surface area (Å²) in [4.78, 5) is 1.93. The van der Waals surface area contributed by atoms with Gasteiger partial charge >= 0.3 is 6.18 Å². The molecule has 0 saturated heterocycles. The number of halogens is 4. The number of alkyl halides is 4. The van der Waals surface area contributed by atoms with Gasteiger partial charge in [-0.2, -0.15) is 13.2 Å². The molecule has 1 aliphatic rings. The molecular formula is C11H13ClF3N3. The summed E-state index contributed by atoms with van der Waals surface area (Å²) in [5.74, 6) is 0.882. The molecule has 3 nitrogen and oxygen atoms in total. The predicted octanol–water partition coefficient (Wildman–Crippen LogP) is 3.09. The van der Waals surface area contributed by atoms with E-state index in [-0.39, 0.29) is 0 Å². The van der Waals surface area contributed by atoms with Crippen LogP contribution in [0.25, 0.3) is 0 Å². The highest BCUT2D eigenvalue weighted by Crippen LogP contribution is 2.30. The lowest BCUT2D eigenvalue weighted by Gasteiger charge is -2.37. The van der Waals surface area contributed by atoms with Crippen molar-refractivity contribution in [3.05, 3.63) is 17.8 Å². The second kappa shape index (κ2) is 5.30. The monoisotopic (exact) mass is 279 g/mol. The first-order valence-electron chi connectivity index (χ1n) is 5.76. The molecule has 1 heterocycles. The van der Waals surface area contributed by atoms with Crippen molar-refractivity contribution < 1.29 is 13.2 Å². The van der Waals surface area contributed by atoms with Crippen molar-refractivity contribution in [3.63, 3.8) is 0 Å². The molecule has 0 unspecified atom stereocenters. The molecule has 0 aliphatic heterocycles. The Morgan fingerprint density at radius 1 is 1.28 bits per heavy atom. The van der Waals surface area contributed by atoms with Crippen molar-refractivity contribution in [2.24, 2.45) is 0 Å². The highest BCUT2D eigenvalue weighted by Gasteiger charge is 2.33. The highest BCUT2D eigenvalue weighted by molar-refractivity contribution is 6.18. The minimum absolute atomic E-state index is 0.329. The average molecular weight is 280 g/mol. The first kappa shape index (κ1) is 13.4. The van der Waals surface area contributed by atoms with Crippen molar-refractivity contribution in [3.8, 4) is 0 Å². The number of aromatic nitrogens is 2. The van der Waals surface area contributed by atoms with Gasteiger partial charge in [0.2, 0.25) is 0 Å². The Balaban J connectivity index is 2.15. The van der Waals surface area contributed by atoms with Gasteiger partial charge in [0, 0.05) is 18.5 Å². The third-order valence-corrected chi connectivity index (χ3v) is 3.25. The molecule has 18 heavy (non-hydrogen) atoms. The summed E-state index contributed by atoms with van der Waals surface area (Å²) >= 11 is 5.71. The third-order valence-electron chi connectivity index (χ3n) is 3.08. The molecule has 0 atom stereocenters. The minimum Gasteiger partial charge on any atom is -0.351 e. The lowest BCUT2D eigenvalue weighted by molar-refractivity contribution is -0.141. The van der Waals surface area contributed by atoms with Crippen LogP contribution in [0, 0.1) is 0 Å². The van der Waals surface area contributed by atoms with Gasteiger partial charge in [-0.25, -0.2) is 0 Å². The Hall–Kier alpha value is -1.04. The van der Waals surface area contributed by atoms with Gasteiger partial charge in [0.25, 0.3) is 0 Å². The third kappa shape index (κ3) is 2.85. The molecule has 1 aromatic rings. The summed E-state index contributed by atoms with van der Waals surface area (Å²) < 4.78 is 37.1. The Kier molecular flexibility index (Phi) is 3.94. The van der Waals surface area contributed by atoms with Gasteiger partial charge < -0.3 is 4.90 Å². The van der Waals surface area contributed by atoms with Crippen molar-refractivity contribution in [1.82, 2.24) is 10.2 Å². The fourth-order valence-electron chi connectivity index (χ4n) is 1.90. The molecule has 1 aliphatic carbocycles. The number of hydrogen-bond acceptors (Lipinski definition) is 3. The van der Waals surface area contributed by atoms with E-state index in [1.807, 2.05) is 4.90 Å². The number of rotatable bonds is 4. The molecule has 1 aromatic heterocycles. The zero-order chi connectivity index (χ0) is 13.2. The van der Waals surface area contributed by atoms with E-state index in [0.29, 0.717) is 24.3 Å². The number of hydrogen-bond donors (Lipinski definition) is 0. The SMILES string of the molecule is FC(F)(F)c1ccc(N(CCCl)C2CCC2)nn1. The molecule has 7 heteroatoms. The van der Waals surface area contributed by atoms with Gasteiger partial charge in [-0.1, -0.05) is 0 Å². The fourth-order valence-corrected chi connectivity index (χ4v) is 2.09. The van der Waals surface area contributed by atoms with Crippen molar-refractivity contribution >= 4 is 17.4 Å². The lowest BCUT2D eigenvalue weighted by Crippen LogP contribution is -2.42. The van der Waals surface area contributed by atoms with Gasteiger partial charge in [0.15, 0.2) is 11.5 Å². The Morgan fingerprint density at radius 2 is 2.00 bits per heavy atom. The molecule has 1 fully saturated rings. The van der Waals surface area contributed by atoms with Gasteiger partial charge in [-0.15, -0.1) is 21.8 Å². The minimum atomic E-state index is -4.45. The van der Waals surface area contributed by atoms with Crippen molar-refractivity contribution in [1.29, 1.82) is 0 Å². The molecule has 0 bridgehead atoms. The van der Waals surface area contributed by atoms with E-state index in [0.717, 1.165) is 25.3 Å². The molecule has 0 spiro atoms. The standard InChI is InChI=1S/C11H13ClF3N3/c12-6-7-18(8-2-1-3-8)10-5-4-9(16-17-10)11(13,14)15/h4-5,8H,1-3,6-7H2. The van der Waals surface area contributed by atoms with E-state index in [4.69, 9.17) is 11.6 Å². The number of anilines is 1. The van der Waals surface area contributed by atoms with Crippen molar-refractivity contribution in [2.75, 3.05) is 17.3 Å².